The molecule has 5 rings (SSSR count). The quantitative estimate of drug-likeness (QED) is 0.0445. The van der Waals surface area contributed by atoms with E-state index < -0.39 is 17.7 Å². The number of hydrogen-bond donors (Lipinski definition) is 1. The maximum Gasteiger partial charge on any atom is 0.301 e. The third kappa shape index (κ3) is 6.73. The summed E-state index contributed by atoms with van der Waals surface area (Å²) in [6, 6.07) is 19.3. The molecule has 1 N–H and O–H groups in total. The van der Waals surface area contributed by atoms with Crippen LogP contribution in [0.4, 0.5) is 9.52 Å². The number of aliphatic hydroxyl groups is 1. The lowest BCUT2D eigenvalue weighted by Gasteiger charge is -2.23. The number of anilines is 1. The number of benzene rings is 3. The van der Waals surface area contributed by atoms with Crippen molar-refractivity contribution < 1.29 is 28.6 Å². The van der Waals surface area contributed by atoms with E-state index in [0.717, 1.165) is 24.2 Å². The molecule has 1 amide bonds. The number of aliphatic hydroxyl groups excluding tert-OH is 1. The van der Waals surface area contributed by atoms with Crippen LogP contribution in [0.5, 0.6) is 11.5 Å². The number of thioether (sulfide) groups is 1. The molecule has 0 spiro atoms. The summed E-state index contributed by atoms with van der Waals surface area (Å²) < 4.78 is 26.1. The lowest BCUT2D eigenvalue weighted by molar-refractivity contribution is -0.132. The Hall–Kier alpha value is -4.22. The van der Waals surface area contributed by atoms with Crippen LogP contribution in [-0.4, -0.2) is 40.2 Å². The number of ether oxygens (including phenoxy) is 2. The van der Waals surface area contributed by atoms with Crippen LogP contribution in [0.1, 0.15) is 49.4 Å². The summed E-state index contributed by atoms with van der Waals surface area (Å²) in [7, 11) is 0. The molecule has 11 heteroatoms. The number of hydrogen-bond acceptors (Lipinski definition) is 9. The molecule has 222 valence electrons. The third-order valence-corrected chi connectivity index (χ3v) is 8.84. The molecule has 1 saturated heterocycles. The highest BCUT2D eigenvalue weighted by Crippen LogP contribution is 2.44. The maximum atomic E-state index is 14.1. The van der Waals surface area contributed by atoms with E-state index in [0.29, 0.717) is 51.5 Å². The van der Waals surface area contributed by atoms with Gasteiger partial charge < -0.3 is 14.6 Å². The van der Waals surface area contributed by atoms with Crippen LogP contribution in [0.25, 0.3) is 5.76 Å². The van der Waals surface area contributed by atoms with E-state index in [2.05, 4.69) is 17.1 Å². The van der Waals surface area contributed by atoms with E-state index in [1.807, 2.05) is 6.92 Å². The van der Waals surface area contributed by atoms with E-state index in [4.69, 9.17) is 9.47 Å². The van der Waals surface area contributed by atoms with Crippen molar-refractivity contribution in [3.8, 4) is 11.5 Å². The summed E-state index contributed by atoms with van der Waals surface area (Å²) in [4.78, 5) is 28.4. The van der Waals surface area contributed by atoms with E-state index >= 15 is 0 Å². The van der Waals surface area contributed by atoms with Gasteiger partial charge in [0, 0.05) is 11.3 Å². The molecule has 1 atom stereocenters. The average molecular weight is 620 g/mol. The number of aromatic nitrogens is 2. The van der Waals surface area contributed by atoms with Crippen molar-refractivity contribution >= 4 is 45.7 Å². The predicted octanol–water partition coefficient (Wildman–Crippen LogP) is 7.17. The van der Waals surface area contributed by atoms with Gasteiger partial charge in [-0.05, 0) is 66.9 Å². The first-order valence-electron chi connectivity index (χ1n) is 13.9. The highest BCUT2D eigenvalue weighted by Gasteiger charge is 2.48. The van der Waals surface area contributed by atoms with E-state index in [9.17, 15) is 19.1 Å². The summed E-state index contributed by atoms with van der Waals surface area (Å²) in [5.41, 5.74) is 1.37. The molecule has 0 radical (unpaired) electrons. The minimum atomic E-state index is -0.987. The molecule has 1 aromatic heterocycles. The Kier molecular flexibility index (Phi) is 9.73. The fraction of sp³-hybridized carbons (Fsp3) is 0.250. The minimum Gasteiger partial charge on any atom is -0.507 e. The molecule has 1 unspecified atom stereocenters. The Balaban J connectivity index is 1.53. The number of halogens is 1. The zero-order valence-corrected chi connectivity index (χ0v) is 25.3. The van der Waals surface area contributed by atoms with Crippen LogP contribution in [0.3, 0.4) is 0 Å². The zero-order chi connectivity index (χ0) is 30.3. The first-order chi connectivity index (χ1) is 20.9. The van der Waals surface area contributed by atoms with E-state index in [1.165, 1.54) is 22.7 Å². The SMILES string of the molecule is CCCCOc1cccc(C2C(=C(O)c3ccc(OCC)cc3)C(=O)C(=O)N2c2nnc(SCc3ccccc3F)s2)c1. The predicted molar refractivity (Wildman–Crippen MR) is 165 cm³/mol. The molecule has 1 aliphatic heterocycles. The number of amides is 1. The van der Waals surface area contributed by atoms with Crippen LogP contribution in [-0.2, 0) is 15.3 Å². The maximum absolute atomic E-state index is 14.1. The minimum absolute atomic E-state index is 0.0735. The second-order valence-electron chi connectivity index (χ2n) is 9.63. The van der Waals surface area contributed by atoms with Gasteiger partial charge in [0.05, 0.1) is 24.8 Å². The van der Waals surface area contributed by atoms with Gasteiger partial charge in [-0.25, -0.2) is 4.39 Å². The molecule has 8 nitrogen and oxygen atoms in total. The molecule has 0 bridgehead atoms. The molecular weight excluding hydrogens is 590 g/mol. The summed E-state index contributed by atoms with van der Waals surface area (Å²) in [6.07, 6.45) is 1.84. The van der Waals surface area contributed by atoms with E-state index in [-0.39, 0.29) is 22.3 Å². The van der Waals surface area contributed by atoms with Crippen LogP contribution in [0.2, 0.25) is 0 Å². The number of Topliss-reactive ketones (excluding diaryl/α,β-unsaturated/α-hetero) is 1. The van der Waals surface area contributed by atoms with Crippen molar-refractivity contribution in [1.82, 2.24) is 10.2 Å². The number of nitrogens with zero attached hydrogens (tertiary/aromatic N) is 3. The molecule has 1 fully saturated rings. The Morgan fingerprint density at radius 1 is 1.00 bits per heavy atom. The summed E-state index contributed by atoms with van der Waals surface area (Å²) in [6.45, 7) is 4.94. The van der Waals surface area contributed by atoms with Crippen molar-refractivity contribution in [3.05, 3.63) is 101 Å². The molecule has 43 heavy (non-hydrogen) atoms. The highest BCUT2D eigenvalue weighted by molar-refractivity contribution is 8.00. The first kappa shape index (κ1) is 30.2. The molecular formula is C32H30FN3O5S2. The summed E-state index contributed by atoms with van der Waals surface area (Å²) >= 11 is 2.39. The number of unbranched alkanes of at least 4 members (excludes halogenated alkanes) is 1. The fourth-order valence-corrected chi connectivity index (χ4v) is 6.45. The van der Waals surface area contributed by atoms with Gasteiger partial charge in [-0.2, -0.15) is 0 Å². The average Bonchev–Trinajstić information content (AvgIpc) is 3.59. The second kappa shape index (κ2) is 13.8. The molecule has 0 aliphatic carbocycles. The normalized spacial score (nSPS) is 16.1. The monoisotopic (exact) mass is 619 g/mol. The largest absolute Gasteiger partial charge is 0.507 e. The molecule has 4 aromatic rings. The lowest BCUT2D eigenvalue weighted by atomic mass is 9.95. The van der Waals surface area contributed by atoms with Crippen molar-refractivity contribution in [1.29, 1.82) is 0 Å². The first-order valence-corrected chi connectivity index (χ1v) is 15.7. The molecule has 0 saturated carbocycles. The van der Waals surface area contributed by atoms with Crippen molar-refractivity contribution in [2.75, 3.05) is 18.1 Å². The van der Waals surface area contributed by atoms with Crippen LogP contribution in [0.15, 0.2) is 82.7 Å². The number of carbonyl (C=O) groups excluding carboxylic acids is 2. The van der Waals surface area contributed by atoms with Gasteiger partial charge in [-0.1, -0.05) is 66.8 Å². The van der Waals surface area contributed by atoms with Gasteiger partial charge in [0.2, 0.25) is 5.13 Å². The second-order valence-corrected chi connectivity index (χ2v) is 11.8. The number of rotatable bonds is 12. The molecule has 3 aromatic carbocycles. The van der Waals surface area contributed by atoms with Crippen LogP contribution < -0.4 is 14.4 Å². The Labute approximate surface area is 257 Å². The topological polar surface area (TPSA) is 102 Å². The Morgan fingerprint density at radius 3 is 2.53 bits per heavy atom. The smallest absolute Gasteiger partial charge is 0.301 e. The van der Waals surface area contributed by atoms with Crippen LogP contribution >= 0.6 is 23.1 Å². The van der Waals surface area contributed by atoms with Gasteiger partial charge in [0.15, 0.2) is 4.34 Å². The number of carbonyl (C=O) groups is 2. The van der Waals surface area contributed by atoms with E-state index in [1.54, 1.807) is 66.7 Å². The van der Waals surface area contributed by atoms with Gasteiger partial charge in [0.25, 0.3) is 5.78 Å². The highest BCUT2D eigenvalue weighted by atomic mass is 32.2. The molecule has 2 heterocycles. The van der Waals surface area contributed by atoms with Gasteiger partial charge >= 0.3 is 5.91 Å². The standard InChI is InChI=1S/C32H30FN3O5S2/c1-3-5-17-41-24-11-8-10-21(18-24)27-26(28(37)20-13-15-23(16-14-20)40-4-2)29(38)30(39)36(27)31-34-35-32(43-31)42-19-22-9-6-7-12-25(22)33/h6-16,18,27,37H,3-5,17,19H2,1-2H3. The lowest BCUT2D eigenvalue weighted by Crippen LogP contribution is -2.29. The van der Waals surface area contributed by atoms with Gasteiger partial charge in [-0.15, -0.1) is 10.2 Å². The Bertz CT molecular complexity index is 1640. The summed E-state index contributed by atoms with van der Waals surface area (Å²) in [5, 5.41) is 20.1. The number of ketones is 1. The van der Waals surface area contributed by atoms with Crippen molar-refractivity contribution in [3.63, 3.8) is 0 Å². The van der Waals surface area contributed by atoms with Crippen molar-refractivity contribution in [2.45, 2.75) is 42.8 Å². The zero-order valence-electron chi connectivity index (χ0n) is 23.7. The third-order valence-electron chi connectivity index (χ3n) is 6.73. The molecule has 1 aliphatic rings. The van der Waals surface area contributed by atoms with Crippen molar-refractivity contribution in [2.24, 2.45) is 0 Å². The van der Waals surface area contributed by atoms with Gasteiger partial charge in [-0.3, -0.25) is 14.5 Å². The van der Waals surface area contributed by atoms with Gasteiger partial charge in [0.1, 0.15) is 23.1 Å². The van der Waals surface area contributed by atoms with Crippen LogP contribution in [0, 0.1) is 5.82 Å². The fourth-order valence-electron chi connectivity index (χ4n) is 4.60. The Morgan fingerprint density at radius 2 is 1.79 bits per heavy atom. The summed E-state index contributed by atoms with van der Waals surface area (Å²) in [5.74, 6) is -0.803.